The van der Waals surface area contributed by atoms with E-state index < -0.39 is 6.04 Å². The van der Waals surface area contributed by atoms with Crippen molar-refractivity contribution < 1.29 is 9.59 Å². The highest BCUT2D eigenvalue weighted by molar-refractivity contribution is 6.05. The summed E-state index contributed by atoms with van der Waals surface area (Å²) in [5, 5.41) is 2.77. The van der Waals surface area contributed by atoms with Crippen molar-refractivity contribution in [1.29, 1.82) is 0 Å². The number of carbonyl (C=O) groups is 2. The van der Waals surface area contributed by atoms with Crippen LogP contribution >= 0.6 is 0 Å². The molecule has 2 fully saturated rings. The van der Waals surface area contributed by atoms with E-state index in [-0.39, 0.29) is 11.8 Å². The molecule has 23 heavy (non-hydrogen) atoms. The quantitative estimate of drug-likeness (QED) is 0.887. The molecule has 2 aliphatic rings. The van der Waals surface area contributed by atoms with E-state index in [0.717, 1.165) is 38.0 Å². The van der Waals surface area contributed by atoms with Gasteiger partial charge >= 0.3 is 0 Å². The van der Waals surface area contributed by atoms with Crippen molar-refractivity contribution in [3.05, 3.63) is 23.7 Å². The van der Waals surface area contributed by atoms with Crippen LogP contribution in [0.4, 0.5) is 0 Å². The summed E-state index contributed by atoms with van der Waals surface area (Å²) < 4.78 is 0. The van der Waals surface area contributed by atoms with Gasteiger partial charge < -0.3 is 15.2 Å². The molecule has 1 atom stereocenters. The minimum Gasteiger partial charge on any atom is -0.344 e. The Hall–Kier alpha value is -2.44. The second-order valence-electron chi connectivity index (χ2n) is 6.34. The fourth-order valence-electron chi connectivity index (χ4n) is 2.80. The van der Waals surface area contributed by atoms with E-state index in [2.05, 4.69) is 20.3 Å². The summed E-state index contributed by atoms with van der Waals surface area (Å²) in [6, 6.07) is -0.535. The van der Waals surface area contributed by atoms with Gasteiger partial charge in [-0.1, -0.05) is 0 Å². The van der Waals surface area contributed by atoms with Crippen LogP contribution in [-0.4, -0.2) is 50.8 Å². The molecule has 2 aromatic rings. The first-order valence-corrected chi connectivity index (χ1v) is 8.07. The number of fused-ring (bicyclic) bond motifs is 1. The highest BCUT2D eigenvalue weighted by Crippen LogP contribution is 2.39. The molecule has 0 unspecified atom stereocenters. The third kappa shape index (κ3) is 2.56. The molecule has 0 radical (unpaired) electrons. The smallest absolute Gasteiger partial charge is 0.255 e. The van der Waals surface area contributed by atoms with Crippen LogP contribution in [0.2, 0.25) is 0 Å². The second-order valence-corrected chi connectivity index (χ2v) is 6.34. The topological polar surface area (TPSA) is 91.0 Å². The van der Waals surface area contributed by atoms with Crippen molar-refractivity contribution in [2.24, 2.45) is 0 Å². The molecule has 1 aliphatic carbocycles. The maximum absolute atomic E-state index is 12.5. The van der Waals surface area contributed by atoms with Crippen molar-refractivity contribution in [3.8, 4) is 0 Å². The van der Waals surface area contributed by atoms with Gasteiger partial charge in [-0.15, -0.1) is 0 Å². The Balaban J connectivity index is 1.54. The number of rotatable bonds is 4. The minimum atomic E-state index is -0.535. The highest BCUT2D eigenvalue weighted by Gasteiger charge is 2.28. The number of hydrogen-bond acceptors (Lipinski definition) is 4. The lowest BCUT2D eigenvalue weighted by atomic mass is 10.1. The van der Waals surface area contributed by atoms with Crippen LogP contribution in [0.1, 0.15) is 48.2 Å². The van der Waals surface area contributed by atoms with Gasteiger partial charge in [0.15, 0.2) is 5.65 Å². The summed E-state index contributed by atoms with van der Waals surface area (Å²) in [5.74, 6) is 0.152. The van der Waals surface area contributed by atoms with Crippen molar-refractivity contribution in [2.75, 3.05) is 13.1 Å². The van der Waals surface area contributed by atoms with Gasteiger partial charge in [0.2, 0.25) is 5.91 Å². The second kappa shape index (κ2) is 5.33. The fraction of sp³-hybridized carbons (Fsp3) is 0.500. The zero-order valence-corrected chi connectivity index (χ0v) is 13.0. The number of likely N-dealkylation sites (tertiary alicyclic amines) is 1. The average molecular weight is 313 g/mol. The van der Waals surface area contributed by atoms with Gasteiger partial charge in [-0.25, -0.2) is 9.97 Å². The SMILES string of the molecule is C[C@@H](NC(=O)c1c[nH]c2ncc(C3CC3)nc12)C(=O)N1CCC1. The Bertz CT molecular complexity index is 776. The number of hydrogen-bond donors (Lipinski definition) is 2. The molecule has 0 aromatic carbocycles. The van der Waals surface area contributed by atoms with Gasteiger partial charge in [-0.05, 0) is 26.2 Å². The first-order valence-electron chi connectivity index (χ1n) is 8.07. The summed E-state index contributed by atoms with van der Waals surface area (Å²) in [4.78, 5) is 38.3. The van der Waals surface area contributed by atoms with Crippen LogP contribution in [0.25, 0.3) is 11.2 Å². The van der Waals surface area contributed by atoms with Gasteiger partial charge in [0.25, 0.3) is 5.91 Å². The van der Waals surface area contributed by atoms with Crippen LogP contribution in [0.15, 0.2) is 12.4 Å². The lowest BCUT2D eigenvalue weighted by Crippen LogP contribution is -2.51. The Labute approximate surface area is 133 Å². The predicted octanol–water partition coefficient (Wildman–Crippen LogP) is 1.19. The van der Waals surface area contributed by atoms with Crippen molar-refractivity contribution in [2.45, 2.75) is 38.1 Å². The Morgan fingerprint density at radius 2 is 2.17 bits per heavy atom. The number of nitrogens with one attached hydrogen (secondary N) is 2. The molecule has 2 N–H and O–H groups in total. The molecule has 1 saturated carbocycles. The molecule has 2 amide bonds. The molecule has 4 rings (SSSR count). The molecule has 7 nitrogen and oxygen atoms in total. The van der Waals surface area contributed by atoms with Crippen LogP contribution in [-0.2, 0) is 4.79 Å². The number of H-pyrrole nitrogens is 1. The summed E-state index contributed by atoms with van der Waals surface area (Å²) in [6.45, 7) is 3.28. The van der Waals surface area contributed by atoms with E-state index >= 15 is 0 Å². The molecule has 0 spiro atoms. The molecular formula is C16H19N5O2. The van der Waals surface area contributed by atoms with Gasteiger partial charge in [-0.3, -0.25) is 9.59 Å². The summed E-state index contributed by atoms with van der Waals surface area (Å²) >= 11 is 0. The first-order chi connectivity index (χ1) is 11.1. The lowest BCUT2D eigenvalue weighted by Gasteiger charge is -2.33. The third-order valence-electron chi connectivity index (χ3n) is 4.53. The van der Waals surface area contributed by atoms with Gasteiger partial charge in [0.1, 0.15) is 11.6 Å². The summed E-state index contributed by atoms with van der Waals surface area (Å²) in [6.07, 6.45) is 6.68. The number of aromatic amines is 1. The maximum Gasteiger partial charge on any atom is 0.255 e. The third-order valence-corrected chi connectivity index (χ3v) is 4.53. The Morgan fingerprint density at radius 1 is 1.39 bits per heavy atom. The van der Waals surface area contributed by atoms with Crippen molar-refractivity contribution >= 4 is 23.0 Å². The number of aromatic nitrogens is 3. The maximum atomic E-state index is 12.5. The van der Waals surface area contributed by atoms with E-state index in [1.165, 1.54) is 0 Å². The Morgan fingerprint density at radius 3 is 2.83 bits per heavy atom. The first kappa shape index (κ1) is 14.2. The molecule has 1 saturated heterocycles. The van der Waals surface area contributed by atoms with Crippen LogP contribution in [0, 0.1) is 0 Å². The molecule has 7 heteroatoms. The molecule has 3 heterocycles. The highest BCUT2D eigenvalue weighted by atomic mass is 16.2. The van der Waals surface area contributed by atoms with Gasteiger partial charge in [-0.2, -0.15) is 0 Å². The lowest BCUT2D eigenvalue weighted by molar-refractivity contribution is -0.136. The Kier molecular flexibility index (Phi) is 3.28. The van der Waals surface area contributed by atoms with Gasteiger partial charge in [0, 0.05) is 25.2 Å². The molecular weight excluding hydrogens is 294 g/mol. The molecule has 120 valence electrons. The molecule has 2 aromatic heterocycles. The fourth-order valence-corrected chi connectivity index (χ4v) is 2.80. The van der Waals surface area contributed by atoms with Crippen molar-refractivity contribution in [3.63, 3.8) is 0 Å². The van der Waals surface area contributed by atoms with Crippen LogP contribution in [0.3, 0.4) is 0 Å². The molecule has 1 aliphatic heterocycles. The number of amides is 2. The summed E-state index contributed by atoms with van der Waals surface area (Å²) in [7, 11) is 0. The van der Waals surface area contributed by atoms with E-state index in [0.29, 0.717) is 22.6 Å². The van der Waals surface area contributed by atoms with E-state index in [4.69, 9.17) is 0 Å². The van der Waals surface area contributed by atoms with E-state index in [1.807, 2.05) is 0 Å². The average Bonchev–Trinajstić information content (AvgIpc) is 3.24. The minimum absolute atomic E-state index is 0.0332. The normalized spacial score (nSPS) is 18.6. The van der Waals surface area contributed by atoms with Crippen LogP contribution < -0.4 is 5.32 Å². The molecule has 0 bridgehead atoms. The van der Waals surface area contributed by atoms with Gasteiger partial charge in [0.05, 0.1) is 17.5 Å². The monoisotopic (exact) mass is 313 g/mol. The number of nitrogens with zero attached hydrogens (tertiary/aromatic N) is 3. The predicted molar refractivity (Wildman–Crippen MR) is 84.0 cm³/mol. The zero-order valence-electron chi connectivity index (χ0n) is 13.0. The largest absolute Gasteiger partial charge is 0.344 e. The standard InChI is InChI=1S/C16H19N5O2/c1-9(16(23)21-5-2-6-21)19-15(22)11-7-17-14-13(11)20-12(8-18-14)10-3-4-10/h7-10H,2-6H2,1H3,(H,17,18)(H,19,22)/t9-/m1/s1. The number of carbonyl (C=O) groups excluding carboxylic acids is 2. The summed E-state index contributed by atoms with van der Waals surface area (Å²) in [5.41, 5.74) is 2.56. The zero-order chi connectivity index (χ0) is 16.0. The van der Waals surface area contributed by atoms with E-state index in [1.54, 1.807) is 24.2 Å². The van der Waals surface area contributed by atoms with Crippen molar-refractivity contribution in [1.82, 2.24) is 25.2 Å². The van der Waals surface area contributed by atoms with E-state index in [9.17, 15) is 9.59 Å². The van der Waals surface area contributed by atoms with Crippen LogP contribution in [0.5, 0.6) is 0 Å².